The smallest absolute Gasteiger partial charge is 0.187 e. The Kier molecular flexibility index (Phi) is 8.12. The number of imidazole rings is 1. The van der Waals surface area contributed by atoms with Crippen molar-refractivity contribution in [1.82, 2.24) is 9.55 Å². The summed E-state index contributed by atoms with van der Waals surface area (Å²) in [5.41, 5.74) is 3.53. The van der Waals surface area contributed by atoms with Crippen molar-refractivity contribution in [2.75, 3.05) is 19.8 Å². The number of ether oxygens (including phenoxy) is 3. The van der Waals surface area contributed by atoms with Crippen molar-refractivity contribution in [2.45, 2.75) is 89.9 Å². The molecule has 2 heterocycles. The van der Waals surface area contributed by atoms with E-state index >= 15 is 0 Å². The van der Waals surface area contributed by atoms with Gasteiger partial charge in [0, 0.05) is 51.8 Å². The van der Waals surface area contributed by atoms with Crippen LogP contribution in [0.3, 0.4) is 0 Å². The van der Waals surface area contributed by atoms with Crippen molar-refractivity contribution in [3.8, 4) is 23.3 Å². The van der Waals surface area contributed by atoms with Crippen LogP contribution in [0.25, 0.3) is 0 Å². The van der Waals surface area contributed by atoms with Crippen molar-refractivity contribution < 1.29 is 14.2 Å². The van der Waals surface area contributed by atoms with Gasteiger partial charge >= 0.3 is 0 Å². The largest absolute Gasteiger partial charge is 0.361 e. The number of aromatic nitrogens is 2. The lowest BCUT2D eigenvalue weighted by molar-refractivity contribution is -0.186. The predicted octanol–water partition coefficient (Wildman–Crippen LogP) is 5.12. The van der Waals surface area contributed by atoms with E-state index in [4.69, 9.17) is 14.2 Å². The summed E-state index contributed by atoms with van der Waals surface area (Å²) < 4.78 is 19.8. The van der Waals surface area contributed by atoms with Gasteiger partial charge in [0.15, 0.2) is 11.6 Å². The summed E-state index contributed by atoms with van der Waals surface area (Å²) >= 11 is 0. The Morgan fingerprint density at radius 2 is 1.75 bits per heavy atom. The van der Waals surface area contributed by atoms with Gasteiger partial charge in [-0.15, -0.1) is 11.5 Å². The van der Waals surface area contributed by atoms with Gasteiger partial charge in [0.1, 0.15) is 14.8 Å². The summed E-state index contributed by atoms with van der Waals surface area (Å²) in [6.07, 6.45) is 8.22. The van der Waals surface area contributed by atoms with E-state index in [1.807, 2.05) is 10.8 Å². The van der Waals surface area contributed by atoms with E-state index < -0.39 is 16.1 Å². The van der Waals surface area contributed by atoms with E-state index in [1.54, 1.807) is 6.20 Å². The fraction of sp³-hybridized carbons (Fsp3) is 0.720. The van der Waals surface area contributed by atoms with Gasteiger partial charge in [0.25, 0.3) is 0 Å². The maximum atomic E-state index is 5.94. The van der Waals surface area contributed by atoms with Crippen LogP contribution in [0.1, 0.15) is 37.9 Å². The Balaban J connectivity index is 1.65. The number of rotatable bonds is 6. The highest BCUT2D eigenvalue weighted by atomic mass is 28.3. The summed E-state index contributed by atoms with van der Waals surface area (Å²) in [4.78, 5) is 4.44. The van der Waals surface area contributed by atoms with Gasteiger partial charge in [-0.25, -0.2) is 4.98 Å². The Labute approximate surface area is 196 Å². The average molecular weight is 473 g/mol. The van der Waals surface area contributed by atoms with Crippen LogP contribution < -0.4 is 0 Å². The van der Waals surface area contributed by atoms with Crippen LogP contribution in [0, 0.1) is 28.7 Å². The predicted molar refractivity (Wildman–Crippen MR) is 134 cm³/mol. The fourth-order valence-corrected chi connectivity index (χ4v) is 5.33. The monoisotopic (exact) mass is 472 g/mol. The first-order valence-corrected chi connectivity index (χ1v) is 19.1. The fourth-order valence-electron chi connectivity index (χ4n) is 3.93. The Bertz CT molecular complexity index is 874. The van der Waals surface area contributed by atoms with E-state index in [0.717, 1.165) is 50.6 Å². The second-order valence-electron chi connectivity index (χ2n) is 11.4. The molecule has 1 aromatic rings. The van der Waals surface area contributed by atoms with Gasteiger partial charge in [-0.2, -0.15) is 0 Å². The molecule has 0 N–H and O–H groups in total. The van der Waals surface area contributed by atoms with Crippen LogP contribution in [-0.2, 0) is 20.9 Å². The molecule has 7 heteroatoms. The van der Waals surface area contributed by atoms with Gasteiger partial charge < -0.3 is 18.8 Å². The van der Waals surface area contributed by atoms with Gasteiger partial charge in [-0.3, -0.25) is 0 Å². The molecule has 0 bridgehead atoms. The third-order valence-electron chi connectivity index (χ3n) is 6.05. The van der Waals surface area contributed by atoms with Crippen molar-refractivity contribution in [3.63, 3.8) is 0 Å². The van der Waals surface area contributed by atoms with Crippen molar-refractivity contribution in [3.05, 3.63) is 18.2 Å². The van der Waals surface area contributed by atoms with Crippen LogP contribution in [0.5, 0.6) is 0 Å². The number of hydrogen-bond donors (Lipinski definition) is 0. The zero-order valence-corrected chi connectivity index (χ0v) is 22.8. The zero-order chi connectivity index (χ0) is 23.3. The topological polar surface area (TPSA) is 45.5 Å². The molecule has 5 nitrogen and oxygen atoms in total. The highest BCUT2D eigenvalue weighted by Gasteiger charge is 2.45. The Morgan fingerprint density at radius 1 is 1.06 bits per heavy atom. The summed E-state index contributed by atoms with van der Waals surface area (Å²) in [6.45, 7) is 16.7. The average Bonchev–Trinajstić information content (AvgIpc) is 3.35. The highest BCUT2D eigenvalue weighted by molar-refractivity contribution is 6.83. The molecule has 1 spiro atoms. The van der Waals surface area contributed by atoms with E-state index in [2.05, 4.69) is 67.6 Å². The molecule has 0 aromatic carbocycles. The third-order valence-corrected chi connectivity index (χ3v) is 8.63. The highest BCUT2D eigenvalue weighted by Crippen LogP contribution is 2.46. The number of nitrogens with zero attached hydrogens (tertiary/aromatic N) is 2. The third kappa shape index (κ3) is 7.61. The molecule has 1 aromatic heterocycles. The second kappa shape index (κ2) is 10.3. The van der Waals surface area contributed by atoms with Gasteiger partial charge in [0.05, 0.1) is 13.2 Å². The van der Waals surface area contributed by atoms with Crippen LogP contribution in [0.4, 0.5) is 0 Å². The maximum Gasteiger partial charge on any atom is 0.187 e. The molecule has 0 atom stereocenters. The van der Waals surface area contributed by atoms with Crippen molar-refractivity contribution in [2.24, 2.45) is 5.41 Å². The minimum atomic E-state index is -1.46. The molecule has 176 valence electrons. The molecular weight excluding hydrogens is 432 g/mol. The lowest BCUT2D eigenvalue weighted by Crippen LogP contribution is -2.39. The second-order valence-corrected chi connectivity index (χ2v) is 21.8. The minimum Gasteiger partial charge on any atom is -0.361 e. The van der Waals surface area contributed by atoms with Crippen LogP contribution >= 0.6 is 0 Å². The number of hydrogen-bond acceptors (Lipinski definition) is 4. The van der Waals surface area contributed by atoms with E-state index in [9.17, 15) is 0 Å². The molecule has 1 saturated heterocycles. The molecule has 0 amide bonds. The lowest BCUT2D eigenvalue weighted by Gasteiger charge is -2.40. The summed E-state index contributed by atoms with van der Waals surface area (Å²) in [7, 11) is -2.54. The zero-order valence-electron chi connectivity index (χ0n) is 20.8. The first-order valence-electron chi connectivity index (χ1n) is 11.9. The molecule has 0 radical (unpaired) electrons. The van der Waals surface area contributed by atoms with Crippen LogP contribution in [-0.4, -0.2) is 51.3 Å². The summed E-state index contributed by atoms with van der Waals surface area (Å²) in [6, 6.07) is 1.16. The standard InChI is InChI=1S/C25H40N2O3Si2/c1-31(2,3)20-14-24(10-12-25(13-11-24)29-17-18-30-25)9-7-8-23-26-15-16-27(23)22-28-19-21-32(4,5)6/h15-16H,9-13,17-19,21-22H2,1-6H3. The molecular formula is C25H40N2O3Si2. The maximum absolute atomic E-state index is 5.94. The quantitative estimate of drug-likeness (QED) is 0.327. The van der Waals surface area contributed by atoms with E-state index in [1.165, 1.54) is 0 Å². The molecule has 32 heavy (non-hydrogen) atoms. The Morgan fingerprint density at radius 3 is 2.38 bits per heavy atom. The molecule has 1 aliphatic heterocycles. The Hall–Kier alpha value is -1.36. The van der Waals surface area contributed by atoms with Gasteiger partial charge in [-0.05, 0) is 24.8 Å². The molecule has 2 aliphatic rings. The van der Waals surface area contributed by atoms with E-state index in [-0.39, 0.29) is 11.2 Å². The molecule has 3 rings (SSSR count). The van der Waals surface area contributed by atoms with Gasteiger partial charge in [0.2, 0.25) is 0 Å². The molecule has 2 fully saturated rings. The van der Waals surface area contributed by atoms with Gasteiger partial charge in [-0.1, -0.05) is 45.2 Å². The van der Waals surface area contributed by atoms with Crippen molar-refractivity contribution >= 4 is 16.1 Å². The van der Waals surface area contributed by atoms with Crippen LogP contribution in [0.15, 0.2) is 12.4 Å². The first-order chi connectivity index (χ1) is 15.0. The lowest BCUT2D eigenvalue weighted by atomic mass is 9.70. The SMILES string of the molecule is C[Si](C)(C)C#CC1(CC#Cc2nccn2COCC[Si](C)(C)C)CCC2(CC1)OCCO2. The van der Waals surface area contributed by atoms with E-state index in [0.29, 0.717) is 19.9 Å². The first kappa shape index (κ1) is 25.3. The summed E-state index contributed by atoms with van der Waals surface area (Å²) in [5, 5.41) is 0. The molecule has 0 unspecified atom stereocenters. The normalized spacial score (nSPS) is 19.8. The minimum absolute atomic E-state index is 0.0842. The summed E-state index contributed by atoms with van der Waals surface area (Å²) in [5.74, 6) is 10.8. The molecule has 1 saturated carbocycles. The molecule has 1 aliphatic carbocycles. The van der Waals surface area contributed by atoms with Crippen molar-refractivity contribution in [1.29, 1.82) is 0 Å². The van der Waals surface area contributed by atoms with Crippen LogP contribution in [0.2, 0.25) is 45.3 Å².